The molecule has 0 heterocycles. The van der Waals surface area contributed by atoms with E-state index in [-0.39, 0.29) is 0 Å². The fourth-order valence-electron chi connectivity index (χ4n) is 1.12. The van der Waals surface area contributed by atoms with Crippen molar-refractivity contribution in [2.75, 3.05) is 26.2 Å². The first-order valence-corrected chi connectivity index (χ1v) is 5.12. The number of rotatable bonds is 6. The molecule has 5 heteroatoms. The minimum atomic E-state index is 0.507. The second-order valence-corrected chi connectivity index (χ2v) is 3.24. The van der Waals surface area contributed by atoms with Crippen molar-refractivity contribution in [3.8, 4) is 0 Å². The van der Waals surface area contributed by atoms with Crippen molar-refractivity contribution in [2.45, 2.75) is 20.3 Å². The molecule has 4 N–H and O–H groups in total. The summed E-state index contributed by atoms with van der Waals surface area (Å²) < 4.78 is 0. The second-order valence-electron chi connectivity index (χ2n) is 2.83. The van der Waals surface area contributed by atoms with Crippen molar-refractivity contribution >= 4 is 17.3 Å². The predicted molar refractivity (Wildman–Crippen MR) is 60.3 cm³/mol. The van der Waals surface area contributed by atoms with Crippen LogP contribution in [-0.4, -0.2) is 36.2 Å². The van der Waals surface area contributed by atoms with Crippen LogP contribution in [-0.2, 0) is 0 Å². The van der Waals surface area contributed by atoms with E-state index in [4.69, 9.17) is 18.1 Å². The molecule has 0 aromatic carbocycles. The van der Waals surface area contributed by atoms with E-state index in [0.29, 0.717) is 5.11 Å². The Morgan fingerprint density at radius 3 is 2.54 bits per heavy atom. The first-order valence-electron chi connectivity index (χ1n) is 4.71. The fourth-order valence-corrected chi connectivity index (χ4v) is 1.22. The van der Waals surface area contributed by atoms with Gasteiger partial charge in [-0.3, -0.25) is 0 Å². The molecule has 0 aromatic rings. The van der Waals surface area contributed by atoms with Crippen LogP contribution in [0.15, 0.2) is 0 Å². The molecule has 0 unspecified atom stereocenters. The maximum atomic E-state index is 5.11. The minimum Gasteiger partial charge on any atom is -0.360 e. The molecular weight excluding hydrogens is 184 g/mol. The molecule has 0 bridgehead atoms. The molecule has 4 nitrogen and oxygen atoms in total. The molecule has 0 aliphatic heterocycles. The summed E-state index contributed by atoms with van der Waals surface area (Å²) in [5.74, 6) is 5.11. The first kappa shape index (κ1) is 12.6. The highest BCUT2D eigenvalue weighted by atomic mass is 32.1. The van der Waals surface area contributed by atoms with Gasteiger partial charge in [-0.15, -0.1) is 0 Å². The van der Waals surface area contributed by atoms with Crippen LogP contribution in [0.4, 0.5) is 0 Å². The Morgan fingerprint density at radius 1 is 1.38 bits per heavy atom. The Labute approximate surface area is 85.8 Å². The zero-order valence-electron chi connectivity index (χ0n) is 8.47. The van der Waals surface area contributed by atoms with Crippen molar-refractivity contribution in [1.29, 1.82) is 0 Å². The number of nitrogens with one attached hydrogen (secondary N) is 2. The molecule has 0 fully saturated rings. The number of nitrogens with zero attached hydrogens (tertiary/aromatic N) is 1. The lowest BCUT2D eigenvalue weighted by Crippen LogP contribution is -2.43. The van der Waals surface area contributed by atoms with Gasteiger partial charge in [0, 0.05) is 13.1 Å². The summed E-state index contributed by atoms with van der Waals surface area (Å²) in [5.41, 5.74) is 2.39. The quantitative estimate of drug-likeness (QED) is 0.324. The van der Waals surface area contributed by atoms with E-state index in [1.54, 1.807) is 0 Å². The van der Waals surface area contributed by atoms with E-state index in [9.17, 15) is 0 Å². The van der Waals surface area contributed by atoms with Gasteiger partial charge >= 0.3 is 0 Å². The van der Waals surface area contributed by atoms with Gasteiger partial charge in [-0.25, -0.2) is 5.84 Å². The average Bonchev–Trinajstić information content (AvgIpc) is 2.16. The Kier molecular flexibility index (Phi) is 7.97. The average molecular weight is 204 g/mol. The molecule has 0 amide bonds. The Hall–Kier alpha value is -0.390. The van der Waals surface area contributed by atoms with Gasteiger partial charge in [-0.2, -0.15) is 0 Å². The third-order valence-electron chi connectivity index (χ3n) is 1.83. The van der Waals surface area contributed by atoms with Gasteiger partial charge in [0.25, 0.3) is 0 Å². The number of hydrogen-bond donors (Lipinski definition) is 3. The highest BCUT2D eigenvalue weighted by Crippen LogP contribution is 1.88. The van der Waals surface area contributed by atoms with Crippen molar-refractivity contribution in [2.24, 2.45) is 5.84 Å². The van der Waals surface area contributed by atoms with Crippen LogP contribution in [0.3, 0.4) is 0 Å². The fraction of sp³-hybridized carbons (Fsp3) is 0.875. The van der Waals surface area contributed by atoms with Crippen LogP contribution in [0, 0.1) is 0 Å². The Balaban J connectivity index is 3.42. The lowest BCUT2D eigenvalue weighted by atomic mass is 10.4. The van der Waals surface area contributed by atoms with Gasteiger partial charge in [0.2, 0.25) is 0 Å². The minimum absolute atomic E-state index is 0.507. The third-order valence-corrected chi connectivity index (χ3v) is 2.09. The summed E-state index contributed by atoms with van der Waals surface area (Å²) >= 11 is 4.84. The van der Waals surface area contributed by atoms with E-state index in [1.165, 1.54) is 6.42 Å². The van der Waals surface area contributed by atoms with Crippen LogP contribution >= 0.6 is 12.2 Å². The summed E-state index contributed by atoms with van der Waals surface area (Å²) in [6.45, 7) is 8.42. The normalized spacial score (nSPS) is 10.2. The van der Waals surface area contributed by atoms with E-state index in [2.05, 4.69) is 29.5 Å². The van der Waals surface area contributed by atoms with E-state index in [0.717, 1.165) is 26.2 Å². The second kappa shape index (κ2) is 8.22. The molecule has 0 aliphatic carbocycles. The predicted octanol–water partition coefficient (Wildman–Crippen LogP) is 0.0561. The summed E-state index contributed by atoms with van der Waals surface area (Å²) in [5, 5.41) is 3.52. The van der Waals surface area contributed by atoms with Gasteiger partial charge in [0.05, 0.1) is 0 Å². The molecule has 0 atom stereocenters. The number of hydrazine groups is 1. The van der Waals surface area contributed by atoms with Gasteiger partial charge < -0.3 is 15.6 Å². The number of hydrogen-bond acceptors (Lipinski definition) is 3. The van der Waals surface area contributed by atoms with E-state index >= 15 is 0 Å². The molecule has 0 saturated heterocycles. The van der Waals surface area contributed by atoms with Gasteiger partial charge in [-0.1, -0.05) is 13.8 Å². The summed E-state index contributed by atoms with van der Waals surface area (Å²) in [4.78, 5) is 2.37. The Morgan fingerprint density at radius 2 is 2.08 bits per heavy atom. The van der Waals surface area contributed by atoms with Crippen LogP contribution in [0.5, 0.6) is 0 Å². The largest absolute Gasteiger partial charge is 0.360 e. The van der Waals surface area contributed by atoms with Crippen LogP contribution < -0.4 is 16.6 Å². The molecule has 0 aromatic heterocycles. The maximum absolute atomic E-state index is 5.11. The lowest BCUT2D eigenvalue weighted by molar-refractivity contribution is 0.293. The number of likely N-dealkylation sites (N-methyl/N-ethyl adjacent to an activating group) is 1. The third kappa shape index (κ3) is 6.74. The SMILES string of the molecule is CCCN(CC)CCNC(=S)NN. The summed E-state index contributed by atoms with van der Waals surface area (Å²) in [7, 11) is 0. The highest BCUT2D eigenvalue weighted by Gasteiger charge is 1.99. The van der Waals surface area contributed by atoms with Gasteiger partial charge in [0.1, 0.15) is 0 Å². The molecule has 0 aliphatic rings. The molecule has 0 spiro atoms. The van der Waals surface area contributed by atoms with E-state index in [1.807, 2.05) is 0 Å². The molecular formula is C8H20N4S. The maximum Gasteiger partial charge on any atom is 0.180 e. The Bertz CT molecular complexity index is 140. The van der Waals surface area contributed by atoms with Crippen LogP contribution in [0.2, 0.25) is 0 Å². The topological polar surface area (TPSA) is 53.3 Å². The number of thiocarbonyl (C=S) groups is 1. The zero-order chi connectivity index (χ0) is 10.1. The summed E-state index contributed by atoms with van der Waals surface area (Å²) in [6.07, 6.45) is 1.19. The van der Waals surface area contributed by atoms with Gasteiger partial charge in [0.15, 0.2) is 5.11 Å². The smallest absolute Gasteiger partial charge is 0.180 e. The van der Waals surface area contributed by atoms with Gasteiger partial charge in [-0.05, 0) is 31.7 Å². The van der Waals surface area contributed by atoms with Crippen LogP contribution in [0.25, 0.3) is 0 Å². The highest BCUT2D eigenvalue weighted by molar-refractivity contribution is 7.80. The molecule has 0 rings (SSSR count). The van der Waals surface area contributed by atoms with Crippen molar-refractivity contribution < 1.29 is 0 Å². The van der Waals surface area contributed by atoms with Crippen molar-refractivity contribution in [3.63, 3.8) is 0 Å². The van der Waals surface area contributed by atoms with Crippen molar-refractivity contribution in [3.05, 3.63) is 0 Å². The molecule has 0 saturated carbocycles. The molecule has 0 radical (unpaired) electrons. The molecule has 13 heavy (non-hydrogen) atoms. The first-order chi connectivity index (χ1) is 6.24. The monoisotopic (exact) mass is 204 g/mol. The lowest BCUT2D eigenvalue weighted by Gasteiger charge is -2.19. The van der Waals surface area contributed by atoms with Crippen LogP contribution in [0.1, 0.15) is 20.3 Å². The zero-order valence-corrected chi connectivity index (χ0v) is 9.28. The van der Waals surface area contributed by atoms with Crippen molar-refractivity contribution in [1.82, 2.24) is 15.6 Å². The summed E-state index contributed by atoms with van der Waals surface area (Å²) in [6, 6.07) is 0. The van der Waals surface area contributed by atoms with E-state index < -0.39 is 0 Å². The standard InChI is InChI=1S/C8H20N4S/c1-3-6-12(4-2)7-5-10-8(13)11-9/h3-7,9H2,1-2H3,(H2,10,11,13). The number of nitrogens with two attached hydrogens (primary N) is 1. The molecule has 78 valence electrons.